The molecule has 3 aromatic rings. The molecule has 1 aliphatic carbocycles. The molecule has 2 heterocycles. The molecule has 1 N–H and O–H groups in total. The first-order valence-electron chi connectivity index (χ1n) is 8.94. The first kappa shape index (κ1) is 17.1. The number of aromatic nitrogens is 3. The van der Waals surface area contributed by atoms with Gasteiger partial charge in [-0.05, 0) is 48.6 Å². The lowest BCUT2D eigenvalue weighted by Gasteiger charge is -2.12. The summed E-state index contributed by atoms with van der Waals surface area (Å²) in [4.78, 5) is 25.0. The maximum Gasteiger partial charge on any atom is 0.254 e. The number of ether oxygens (including phenoxy) is 1. The Morgan fingerprint density at radius 3 is 2.63 bits per heavy atom. The Balaban J connectivity index is 1.45. The first-order chi connectivity index (χ1) is 13.2. The van der Waals surface area contributed by atoms with Crippen molar-refractivity contribution in [2.75, 3.05) is 7.11 Å². The number of hydrogen-bond acceptors (Lipinski definition) is 5. The number of aryl methyl sites for hydroxylation is 2. The average Bonchev–Trinajstić information content (AvgIpc) is 3.19. The van der Waals surface area contributed by atoms with Crippen LogP contribution in [0, 0.1) is 0 Å². The van der Waals surface area contributed by atoms with Crippen LogP contribution < -0.4 is 10.1 Å². The van der Waals surface area contributed by atoms with Gasteiger partial charge in [-0.1, -0.05) is 6.07 Å². The minimum Gasteiger partial charge on any atom is -0.496 e. The molecule has 0 atom stereocenters. The van der Waals surface area contributed by atoms with Crippen molar-refractivity contribution in [3.05, 3.63) is 71.3 Å². The maximum absolute atomic E-state index is 12.5. The van der Waals surface area contributed by atoms with E-state index in [-0.39, 0.29) is 5.91 Å². The zero-order chi connectivity index (χ0) is 18.6. The van der Waals surface area contributed by atoms with Crippen molar-refractivity contribution >= 4 is 5.91 Å². The number of carbonyl (C=O) groups is 1. The second-order valence-corrected chi connectivity index (χ2v) is 6.51. The van der Waals surface area contributed by atoms with Crippen LogP contribution in [0.1, 0.15) is 33.5 Å². The van der Waals surface area contributed by atoms with Gasteiger partial charge in [-0.3, -0.25) is 9.78 Å². The smallest absolute Gasteiger partial charge is 0.254 e. The molecule has 4 rings (SSSR count). The Hall–Kier alpha value is -3.28. The van der Waals surface area contributed by atoms with Crippen LogP contribution in [0.4, 0.5) is 0 Å². The molecule has 1 aromatic carbocycles. The monoisotopic (exact) mass is 360 g/mol. The van der Waals surface area contributed by atoms with Crippen LogP contribution in [-0.4, -0.2) is 28.0 Å². The summed E-state index contributed by atoms with van der Waals surface area (Å²) in [6, 6.07) is 7.94. The number of hydrogen-bond donors (Lipinski definition) is 1. The van der Waals surface area contributed by atoms with Crippen LogP contribution in [0.5, 0.6) is 5.75 Å². The van der Waals surface area contributed by atoms with Gasteiger partial charge in [0, 0.05) is 42.5 Å². The quantitative estimate of drug-likeness (QED) is 0.757. The summed E-state index contributed by atoms with van der Waals surface area (Å²) in [5.74, 6) is 1.15. The third-order valence-electron chi connectivity index (χ3n) is 4.77. The number of nitrogens with zero attached hydrogens (tertiary/aromatic N) is 3. The van der Waals surface area contributed by atoms with Crippen LogP contribution in [-0.2, 0) is 19.4 Å². The van der Waals surface area contributed by atoms with Crippen LogP contribution in [0.3, 0.4) is 0 Å². The number of nitrogens with one attached hydrogen (secondary N) is 1. The van der Waals surface area contributed by atoms with Crippen molar-refractivity contribution in [1.82, 2.24) is 20.3 Å². The Morgan fingerprint density at radius 2 is 1.93 bits per heavy atom. The van der Waals surface area contributed by atoms with Gasteiger partial charge in [0.1, 0.15) is 5.75 Å². The van der Waals surface area contributed by atoms with Gasteiger partial charge in [0.15, 0.2) is 5.82 Å². The summed E-state index contributed by atoms with van der Waals surface area (Å²) in [5.41, 5.74) is 4.92. The van der Waals surface area contributed by atoms with Crippen molar-refractivity contribution in [3.8, 4) is 17.1 Å². The predicted octanol–water partition coefficient (Wildman–Crippen LogP) is 2.97. The number of carbonyl (C=O) groups excluding carboxylic acids is 1. The Morgan fingerprint density at radius 1 is 1.15 bits per heavy atom. The molecule has 0 aliphatic heterocycles. The summed E-state index contributed by atoms with van der Waals surface area (Å²) in [7, 11) is 1.66. The number of pyridine rings is 1. The molecule has 1 aliphatic rings. The second-order valence-electron chi connectivity index (χ2n) is 6.51. The van der Waals surface area contributed by atoms with Crippen molar-refractivity contribution in [3.63, 3.8) is 0 Å². The zero-order valence-corrected chi connectivity index (χ0v) is 15.1. The van der Waals surface area contributed by atoms with Gasteiger partial charge in [0.05, 0.1) is 12.7 Å². The van der Waals surface area contributed by atoms with Crippen LogP contribution in [0.25, 0.3) is 11.4 Å². The number of fused-ring (bicyclic) bond motifs is 1. The Labute approximate surface area is 157 Å². The van der Waals surface area contributed by atoms with E-state index in [9.17, 15) is 4.79 Å². The number of methoxy groups -OCH3 is 1. The molecular formula is C21H20N4O2. The molecule has 0 fully saturated rings. The van der Waals surface area contributed by atoms with Gasteiger partial charge in [-0.25, -0.2) is 9.97 Å². The van der Waals surface area contributed by atoms with Gasteiger partial charge >= 0.3 is 0 Å². The van der Waals surface area contributed by atoms with E-state index in [1.54, 1.807) is 19.5 Å². The van der Waals surface area contributed by atoms with Gasteiger partial charge in [-0.15, -0.1) is 0 Å². The highest BCUT2D eigenvalue weighted by molar-refractivity contribution is 5.93. The minimum absolute atomic E-state index is 0.213. The summed E-state index contributed by atoms with van der Waals surface area (Å²) >= 11 is 0. The molecular weight excluding hydrogens is 340 g/mol. The molecule has 136 valence electrons. The number of rotatable bonds is 5. The SMILES string of the molecule is COc1cc2c(cc1CNC(=O)c1cnc(-c3cccnc3)nc1)CCC2. The summed E-state index contributed by atoms with van der Waals surface area (Å²) in [5, 5.41) is 2.93. The average molecular weight is 360 g/mol. The third-order valence-corrected chi connectivity index (χ3v) is 4.77. The second kappa shape index (κ2) is 7.53. The van der Waals surface area contributed by atoms with Gasteiger partial charge in [0.25, 0.3) is 5.91 Å². The van der Waals surface area contributed by atoms with E-state index < -0.39 is 0 Å². The summed E-state index contributed by atoms with van der Waals surface area (Å²) < 4.78 is 5.49. The number of amides is 1. The molecule has 27 heavy (non-hydrogen) atoms. The third kappa shape index (κ3) is 3.65. The van der Waals surface area contributed by atoms with Gasteiger partial charge < -0.3 is 10.1 Å². The molecule has 6 heteroatoms. The summed E-state index contributed by atoms with van der Waals surface area (Å²) in [6.45, 7) is 0.402. The van der Waals surface area contributed by atoms with E-state index in [0.29, 0.717) is 17.9 Å². The molecule has 0 spiro atoms. The van der Waals surface area contributed by atoms with Crippen molar-refractivity contribution in [2.45, 2.75) is 25.8 Å². The number of benzene rings is 1. The highest BCUT2D eigenvalue weighted by Crippen LogP contribution is 2.29. The predicted molar refractivity (Wildman–Crippen MR) is 101 cm³/mol. The Kier molecular flexibility index (Phi) is 4.78. The largest absolute Gasteiger partial charge is 0.496 e. The van der Waals surface area contributed by atoms with E-state index >= 15 is 0 Å². The lowest BCUT2D eigenvalue weighted by Crippen LogP contribution is -2.23. The lowest BCUT2D eigenvalue weighted by atomic mass is 10.0. The van der Waals surface area contributed by atoms with Crippen LogP contribution in [0.2, 0.25) is 0 Å². The molecule has 6 nitrogen and oxygen atoms in total. The molecule has 0 saturated heterocycles. The van der Waals surface area contributed by atoms with E-state index in [1.165, 1.54) is 29.9 Å². The van der Waals surface area contributed by atoms with E-state index in [0.717, 1.165) is 29.7 Å². The van der Waals surface area contributed by atoms with Crippen molar-refractivity contribution < 1.29 is 9.53 Å². The molecule has 1 amide bonds. The lowest BCUT2D eigenvalue weighted by molar-refractivity contribution is 0.0950. The van der Waals surface area contributed by atoms with E-state index in [4.69, 9.17) is 4.74 Å². The fourth-order valence-electron chi connectivity index (χ4n) is 3.35. The molecule has 0 saturated carbocycles. The highest BCUT2D eigenvalue weighted by Gasteiger charge is 2.16. The molecule has 0 bridgehead atoms. The topological polar surface area (TPSA) is 77.0 Å². The fraction of sp³-hybridized carbons (Fsp3) is 0.238. The van der Waals surface area contributed by atoms with Gasteiger partial charge in [0.2, 0.25) is 0 Å². The summed E-state index contributed by atoms with van der Waals surface area (Å²) in [6.07, 6.45) is 9.81. The van der Waals surface area contributed by atoms with Crippen molar-refractivity contribution in [1.29, 1.82) is 0 Å². The van der Waals surface area contributed by atoms with Crippen molar-refractivity contribution in [2.24, 2.45) is 0 Å². The van der Waals surface area contributed by atoms with Gasteiger partial charge in [-0.2, -0.15) is 0 Å². The fourth-order valence-corrected chi connectivity index (χ4v) is 3.35. The van der Waals surface area contributed by atoms with Crippen LogP contribution >= 0.6 is 0 Å². The maximum atomic E-state index is 12.5. The first-order valence-corrected chi connectivity index (χ1v) is 8.94. The minimum atomic E-state index is -0.213. The zero-order valence-electron chi connectivity index (χ0n) is 15.1. The molecule has 2 aromatic heterocycles. The van der Waals surface area contributed by atoms with E-state index in [1.807, 2.05) is 12.1 Å². The highest BCUT2D eigenvalue weighted by atomic mass is 16.5. The Bertz CT molecular complexity index is 956. The standard InChI is InChI=1S/C21H20N4O2/c1-27-19-9-15-5-2-4-14(15)8-17(19)11-25-21(26)18-12-23-20(24-13-18)16-6-3-7-22-10-16/h3,6-10,12-13H,2,4-5,11H2,1H3,(H,25,26). The molecule has 0 unspecified atom stereocenters. The van der Waals surface area contributed by atoms with E-state index in [2.05, 4.69) is 32.4 Å². The van der Waals surface area contributed by atoms with Crippen LogP contribution in [0.15, 0.2) is 49.1 Å². The molecule has 0 radical (unpaired) electrons. The normalized spacial score (nSPS) is 12.5.